The first-order valence-electron chi connectivity index (χ1n) is 6.03. The number of hydrogen-bond donors (Lipinski definition) is 1. The number of aromatic nitrogens is 2. The Hall–Kier alpha value is -2.07. The Morgan fingerprint density at radius 3 is 2.64 bits per heavy atom. The van der Waals surface area contributed by atoms with Crippen LogP contribution in [0.1, 0.15) is 6.92 Å². The summed E-state index contributed by atoms with van der Waals surface area (Å²) >= 11 is 0.723. The molecule has 0 aliphatic rings. The van der Waals surface area contributed by atoms with Crippen LogP contribution in [0.15, 0.2) is 28.6 Å². The average Bonchev–Trinajstić information content (AvgIpc) is 2.89. The molecular weight excluding hydrogens is 333 g/mol. The van der Waals surface area contributed by atoms with Gasteiger partial charge in [-0.1, -0.05) is 23.5 Å². The van der Waals surface area contributed by atoms with Gasteiger partial charge in [0.15, 0.2) is 17.7 Å². The molecule has 0 spiro atoms. The van der Waals surface area contributed by atoms with Crippen molar-refractivity contribution in [3.8, 4) is 5.75 Å². The fourth-order valence-corrected chi connectivity index (χ4v) is 2.91. The third kappa shape index (κ3) is 3.98. The van der Waals surface area contributed by atoms with Gasteiger partial charge in [-0.05, 0) is 19.1 Å². The van der Waals surface area contributed by atoms with Crippen molar-refractivity contribution in [3.63, 3.8) is 0 Å². The summed E-state index contributed by atoms with van der Waals surface area (Å²) in [5, 5.41) is 9.41. The van der Waals surface area contributed by atoms with E-state index in [1.54, 1.807) is 6.07 Å². The van der Waals surface area contributed by atoms with Gasteiger partial charge in [0.05, 0.1) is 0 Å². The fraction of sp³-hybridized carbons (Fsp3) is 0.250. The van der Waals surface area contributed by atoms with E-state index in [0.29, 0.717) is 0 Å². The summed E-state index contributed by atoms with van der Waals surface area (Å²) in [4.78, 5) is 11.9. The monoisotopic (exact) mass is 345 g/mol. The van der Waals surface area contributed by atoms with Gasteiger partial charge in [0, 0.05) is 6.26 Å². The number of carbonyl (C=O) groups is 1. The summed E-state index contributed by atoms with van der Waals surface area (Å²) in [5.74, 6) is -1.24. The van der Waals surface area contributed by atoms with E-state index in [4.69, 9.17) is 4.74 Å². The van der Waals surface area contributed by atoms with Crippen LogP contribution < -0.4 is 10.1 Å². The number of halogens is 1. The average molecular weight is 345 g/mol. The summed E-state index contributed by atoms with van der Waals surface area (Å²) in [6.45, 7) is 1.43. The van der Waals surface area contributed by atoms with E-state index >= 15 is 0 Å². The summed E-state index contributed by atoms with van der Waals surface area (Å²) < 4.78 is 41.0. The van der Waals surface area contributed by atoms with Crippen molar-refractivity contribution in [3.05, 3.63) is 30.1 Å². The first-order valence-corrected chi connectivity index (χ1v) is 8.74. The Bertz CT molecular complexity index is 791. The minimum Gasteiger partial charge on any atom is -0.478 e. The highest BCUT2D eigenvalue weighted by molar-refractivity contribution is 7.92. The number of carbonyl (C=O) groups excluding carboxylic acids is 1. The third-order valence-corrected chi connectivity index (χ3v) is 4.97. The first-order chi connectivity index (χ1) is 10.3. The Morgan fingerprint density at radius 2 is 2.05 bits per heavy atom. The highest BCUT2D eigenvalue weighted by Gasteiger charge is 2.20. The highest BCUT2D eigenvalue weighted by atomic mass is 32.2. The molecule has 1 aromatic carbocycles. The molecule has 0 saturated heterocycles. The highest BCUT2D eigenvalue weighted by Crippen LogP contribution is 2.21. The Morgan fingerprint density at radius 1 is 1.36 bits per heavy atom. The molecule has 7 nitrogen and oxygen atoms in total. The van der Waals surface area contributed by atoms with Crippen LogP contribution in [0.25, 0.3) is 0 Å². The van der Waals surface area contributed by atoms with Crippen molar-refractivity contribution in [2.45, 2.75) is 17.4 Å². The SMILES string of the molecule is CC(Oc1ccccc1F)C(=O)Nc1nnc(S(C)(=O)=O)s1. The largest absolute Gasteiger partial charge is 0.478 e. The molecule has 1 unspecified atom stereocenters. The molecule has 118 valence electrons. The van der Waals surface area contributed by atoms with Gasteiger partial charge in [-0.15, -0.1) is 10.2 Å². The van der Waals surface area contributed by atoms with E-state index in [-0.39, 0.29) is 15.2 Å². The van der Waals surface area contributed by atoms with Gasteiger partial charge in [-0.3, -0.25) is 10.1 Å². The normalized spacial score (nSPS) is 12.7. The van der Waals surface area contributed by atoms with Crippen LogP contribution in [0, 0.1) is 5.82 Å². The standard InChI is InChI=1S/C12H12FN3O4S2/c1-7(20-9-6-4-3-5-8(9)13)10(17)14-11-15-16-12(21-11)22(2,18)19/h3-7H,1-2H3,(H,14,15,17). The van der Waals surface area contributed by atoms with E-state index in [0.717, 1.165) is 17.6 Å². The van der Waals surface area contributed by atoms with Crippen LogP contribution in [0.3, 0.4) is 0 Å². The van der Waals surface area contributed by atoms with Gasteiger partial charge in [-0.25, -0.2) is 12.8 Å². The zero-order valence-electron chi connectivity index (χ0n) is 11.6. The predicted molar refractivity (Wildman–Crippen MR) is 78.1 cm³/mol. The Labute approximate surface area is 130 Å². The lowest BCUT2D eigenvalue weighted by molar-refractivity contribution is -0.122. The molecule has 10 heteroatoms. The van der Waals surface area contributed by atoms with E-state index < -0.39 is 27.7 Å². The Kier molecular flexibility index (Phi) is 4.71. The zero-order valence-corrected chi connectivity index (χ0v) is 13.2. The van der Waals surface area contributed by atoms with E-state index in [1.807, 2.05) is 0 Å². The molecule has 0 bridgehead atoms. The molecule has 22 heavy (non-hydrogen) atoms. The molecule has 1 heterocycles. The number of amides is 1. The maximum absolute atomic E-state index is 13.4. The maximum Gasteiger partial charge on any atom is 0.266 e. The van der Waals surface area contributed by atoms with Crippen LogP contribution >= 0.6 is 11.3 Å². The number of anilines is 1. The summed E-state index contributed by atoms with van der Waals surface area (Å²) in [6, 6.07) is 5.68. The minimum atomic E-state index is -3.48. The van der Waals surface area contributed by atoms with Crippen LogP contribution in [0.2, 0.25) is 0 Å². The molecule has 0 aliphatic heterocycles. The third-order valence-electron chi connectivity index (χ3n) is 2.46. The molecule has 1 amide bonds. The minimum absolute atomic E-state index is 0.0226. The first kappa shape index (κ1) is 16.3. The van der Waals surface area contributed by atoms with Crippen molar-refractivity contribution in [1.29, 1.82) is 0 Å². The fourth-order valence-electron chi connectivity index (χ4n) is 1.40. The molecular formula is C12H12FN3O4S2. The number of sulfone groups is 1. The molecule has 1 N–H and O–H groups in total. The molecule has 0 fully saturated rings. The smallest absolute Gasteiger partial charge is 0.266 e. The second-order valence-electron chi connectivity index (χ2n) is 4.33. The number of nitrogens with zero attached hydrogens (tertiary/aromatic N) is 2. The van der Waals surface area contributed by atoms with E-state index in [2.05, 4.69) is 15.5 Å². The maximum atomic E-state index is 13.4. The summed E-state index contributed by atoms with van der Waals surface area (Å²) in [5.41, 5.74) is 0. The zero-order chi connectivity index (χ0) is 16.3. The second-order valence-corrected chi connectivity index (χ2v) is 7.49. The van der Waals surface area contributed by atoms with Crippen LogP contribution in [0.4, 0.5) is 9.52 Å². The predicted octanol–water partition coefficient (Wildman–Crippen LogP) is 1.49. The van der Waals surface area contributed by atoms with Gasteiger partial charge in [0.2, 0.25) is 19.3 Å². The number of para-hydroxylation sites is 1. The second kappa shape index (κ2) is 6.36. The van der Waals surface area contributed by atoms with Crippen LogP contribution in [-0.2, 0) is 14.6 Å². The molecule has 0 aliphatic carbocycles. The van der Waals surface area contributed by atoms with Crippen molar-refractivity contribution in [1.82, 2.24) is 10.2 Å². The number of nitrogens with one attached hydrogen (secondary N) is 1. The number of benzene rings is 1. The van der Waals surface area contributed by atoms with Crippen molar-refractivity contribution in [2.24, 2.45) is 0 Å². The number of hydrogen-bond acceptors (Lipinski definition) is 7. The van der Waals surface area contributed by atoms with Crippen LogP contribution in [0.5, 0.6) is 5.75 Å². The molecule has 2 rings (SSSR count). The summed E-state index contributed by atoms with van der Waals surface area (Å²) in [6.07, 6.45) is -0.00858. The lowest BCUT2D eigenvalue weighted by Crippen LogP contribution is -2.30. The van der Waals surface area contributed by atoms with E-state index in [9.17, 15) is 17.6 Å². The quantitative estimate of drug-likeness (QED) is 0.825. The molecule has 0 saturated carbocycles. The topological polar surface area (TPSA) is 98.2 Å². The van der Waals surface area contributed by atoms with Crippen molar-refractivity contribution >= 4 is 32.2 Å². The lowest BCUT2D eigenvalue weighted by Gasteiger charge is -2.13. The van der Waals surface area contributed by atoms with Gasteiger partial charge in [0.1, 0.15) is 0 Å². The Balaban J connectivity index is 2.03. The van der Waals surface area contributed by atoms with Gasteiger partial charge < -0.3 is 4.74 Å². The number of rotatable bonds is 5. The molecule has 1 aromatic heterocycles. The van der Waals surface area contributed by atoms with Gasteiger partial charge in [0.25, 0.3) is 5.91 Å². The van der Waals surface area contributed by atoms with Crippen LogP contribution in [-0.4, -0.2) is 36.9 Å². The summed E-state index contributed by atoms with van der Waals surface area (Å²) in [7, 11) is -3.48. The van der Waals surface area contributed by atoms with E-state index in [1.165, 1.54) is 25.1 Å². The van der Waals surface area contributed by atoms with Gasteiger partial charge in [-0.2, -0.15) is 0 Å². The van der Waals surface area contributed by atoms with Crippen molar-refractivity contribution < 1.29 is 22.3 Å². The molecule has 1 atom stereocenters. The van der Waals surface area contributed by atoms with Crippen molar-refractivity contribution in [2.75, 3.05) is 11.6 Å². The molecule has 0 radical (unpaired) electrons. The lowest BCUT2D eigenvalue weighted by atomic mass is 10.3. The molecule has 2 aromatic rings. The van der Waals surface area contributed by atoms with Gasteiger partial charge >= 0.3 is 0 Å². The number of ether oxygens (including phenoxy) is 1.